The third kappa shape index (κ3) is 2.07. The van der Waals surface area contributed by atoms with Crippen LogP contribution in [-0.4, -0.2) is 30.6 Å². The molecule has 2 nitrogen and oxygen atoms in total. The van der Waals surface area contributed by atoms with E-state index in [1.807, 2.05) is 0 Å². The summed E-state index contributed by atoms with van der Waals surface area (Å²) < 4.78 is 40.4. The molecule has 0 aromatic rings. The van der Waals surface area contributed by atoms with Crippen LogP contribution >= 0.6 is 0 Å². The molecule has 1 aliphatic heterocycles. The third-order valence-electron chi connectivity index (χ3n) is 1.75. The van der Waals surface area contributed by atoms with Crippen molar-refractivity contribution in [2.45, 2.75) is 18.7 Å². The molecule has 1 fully saturated rings. The topological polar surface area (TPSA) is 29.5 Å². The van der Waals surface area contributed by atoms with Crippen molar-refractivity contribution in [1.82, 2.24) is 0 Å². The van der Waals surface area contributed by atoms with E-state index in [2.05, 4.69) is 4.74 Å². The van der Waals surface area contributed by atoms with Gasteiger partial charge in [0.25, 0.3) is 0 Å². The Balaban J connectivity index is 2.42. The first-order valence-electron chi connectivity index (χ1n) is 3.33. The maximum atomic E-state index is 11.9. The molecule has 1 rings (SSSR count). The maximum absolute atomic E-state index is 11.9. The van der Waals surface area contributed by atoms with Gasteiger partial charge in [0, 0.05) is 0 Å². The molecule has 1 saturated heterocycles. The van der Waals surface area contributed by atoms with Gasteiger partial charge in [-0.05, 0) is 6.42 Å². The molecule has 0 bridgehead atoms. The molecule has 0 amide bonds. The molecule has 0 unspecified atom stereocenters. The third-order valence-corrected chi connectivity index (χ3v) is 1.75. The Hall–Kier alpha value is -0.290. The number of halogens is 3. The van der Waals surface area contributed by atoms with Crippen molar-refractivity contribution in [3.05, 3.63) is 0 Å². The van der Waals surface area contributed by atoms with Crippen LogP contribution in [0, 0.1) is 5.92 Å². The highest BCUT2D eigenvalue weighted by atomic mass is 19.4. The lowest BCUT2D eigenvalue weighted by atomic mass is 10.1. The average molecular weight is 170 g/mol. The van der Waals surface area contributed by atoms with Gasteiger partial charge in [0.05, 0.1) is 25.2 Å². The summed E-state index contributed by atoms with van der Waals surface area (Å²) in [5.41, 5.74) is 0. The lowest BCUT2D eigenvalue weighted by Gasteiger charge is -2.11. The van der Waals surface area contributed by atoms with Crippen LogP contribution in [0.2, 0.25) is 0 Å². The molecular formula is C6H9F3O2. The molecule has 1 heterocycles. The molecule has 11 heavy (non-hydrogen) atoms. The van der Waals surface area contributed by atoms with E-state index >= 15 is 0 Å². The Morgan fingerprint density at radius 3 is 2.36 bits per heavy atom. The number of hydrogen-bond donors (Lipinski definition) is 1. The van der Waals surface area contributed by atoms with E-state index in [1.54, 1.807) is 0 Å². The van der Waals surface area contributed by atoms with Crippen LogP contribution in [0.4, 0.5) is 13.2 Å². The first-order chi connectivity index (χ1) is 5.04. The monoisotopic (exact) mass is 170 g/mol. The lowest BCUT2D eigenvalue weighted by Crippen LogP contribution is -2.23. The molecule has 0 radical (unpaired) electrons. The number of alkyl halides is 3. The van der Waals surface area contributed by atoms with E-state index in [-0.39, 0.29) is 19.6 Å². The van der Waals surface area contributed by atoms with Crippen LogP contribution in [-0.2, 0) is 4.74 Å². The molecule has 66 valence electrons. The minimum Gasteiger partial charge on any atom is -0.394 e. The number of rotatable bonds is 1. The predicted molar refractivity (Wildman–Crippen MR) is 31.0 cm³/mol. The van der Waals surface area contributed by atoms with Gasteiger partial charge in [-0.2, -0.15) is 13.2 Å². The van der Waals surface area contributed by atoms with E-state index in [0.29, 0.717) is 0 Å². The smallest absolute Gasteiger partial charge is 0.394 e. The van der Waals surface area contributed by atoms with Crippen molar-refractivity contribution >= 4 is 0 Å². The minimum atomic E-state index is -4.18. The molecule has 1 aliphatic rings. The summed E-state index contributed by atoms with van der Waals surface area (Å²) in [6.07, 6.45) is -4.91. The molecular weight excluding hydrogens is 161 g/mol. The maximum Gasteiger partial charge on any atom is 0.394 e. The zero-order valence-corrected chi connectivity index (χ0v) is 5.77. The van der Waals surface area contributed by atoms with E-state index in [9.17, 15) is 13.2 Å². The lowest BCUT2D eigenvalue weighted by molar-refractivity contribution is -0.173. The molecule has 0 saturated carbocycles. The number of aliphatic hydroxyl groups is 1. The van der Waals surface area contributed by atoms with Gasteiger partial charge in [0.2, 0.25) is 0 Å². The number of aliphatic hydroxyl groups excluding tert-OH is 1. The zero-order valence-electron chi connectivity index (χ0n) is 5.77. The fourth-order valence-corrected chi connectivity index (χ4v) is 1.06. The van der Waals surface area contributed by atoms with Crippen LogP contribution in [0.5, 0.6) is 0 Å². The van der Waals surface area contributed by atoms with E-state index in [4.69, 9.17) is 5.11 Å². The van der Waals surface area contributed by atoms with Crippen LogP contribution in [0.25, 0.3) is 0 Å². The highest BCUT2D eigenvalue weighted by Crippen LogP contribution is 2.34. The van der Waals surface area contributed by atoms with Gasteiger partial charge in [0.1, 0.15) is 0 Å². The van der Waals surface area contributed by atoms with Gasteiger partial charge in [-0.25, -0.2) is 0 Å². The summed E-state index contributed by atoms with van der Waals surface area (Å²) in [6.45, 7) is -0.638. The summed E-state index contributed by atoms with van der Waals surface area (Å²) in [4.78, 5) is 0. The Morgan fingerprint density at radius 1 is 1.45 bits per heavy atom. The Bertz CT molecular complexity index is 134. The Morgan fingerprint density at radius 2 is 2.09 bits per heavy atom. The summed E-state index contributed by atoms with van der Waals surface area (Å²) >= 11 is 0. The zero-order chi connectivity index (χ0) is 8.48. The molecule has 0 aromatic carbocycles. The standard InChI is InChI=1S/C6H9F3O2/c7-6(8,9)4-1-5(2-10)11-3-4/h4-5,10H,1-3H2/t4-,5-/m0/s1. The highest BCUT2D eigenvalue weighted by Gasteiger charge is 2.44. The van der Waals surface area contributed by atoms with Gasteiger partial charge in [-0.1, -0.05) is 0 Å². The second-order valence-corrected chi connectivity index (χ2v) is 2.61. The van der Waals surface area contributed by atoms with E-state index in [1.165, 1.54) is 0 Å². The summed E-state index contributed by atoms with van der Waals surface area (Å²) in [5, 5.41) is 8.46. The van der Waals surface area contributed by atoms with Crippen molar-refractivity contribution in [2.75, 3.05) is 13.2 Å². The quantitative estimate of drug-likeness (QED) is 0.634. The molecule has 0 aromatic heterocycles. The van der Waals surface area contributed by atoms with Crippen molar-refractivity contribution in [3.63, 3.8) is 0 Å². The number of hydrogen-bond acceptors (Lipinski definition) is 2. The van der Waals surface area contributed by atoms with Crippen molar-refractivity contribution in [3.8, 4) is 0 Å². The summed E-state index contributed by atoms with van der Waals surface area (Å²) in [6, 6.07) is 0. The molecule has 0 spiro atoms. The second kappa shape index (κ2) is 2.98. The predicted octanol–water partition coefficient (Wildman–Crippen LogP) is 0.946. The molecule has 0 aliphatic carbocycles. The summed E-state index contributed by atoms with van der Waals surface area (Å²) in [7, 11) is 0. The number of ether oxygens (including phenoxy) is 1. The van der Waals surface area contributed by atoms with Crippen molar-refractivity contribution in [1.29, 1.82) is 0 Å². The van der Waals surface area contributed by atoms with Crippen LogP contribution in [0.1, 0.15) is 6.42 Å². The van der Waals surface area contributed by atoms with E-state index in [0.717, 1.165) is 0 Å². The Labute approximate surface area is 62.0 Å². The molecule has 5 heteroatoms. The fraction of sp³-hybridized carbons (Fsp3) is 1.00. The second-order valence-electron chi connectivity index (χ2n) is 2.61. The van der Waals surface area contributed by atoms with Crippen molar-refractivity contribution < 1.29 is 23.0 Å². The van der Waals surface area contributed by atoms with Crippen LogP contribution in [0.15, 0.2) is 0 Å². The van der Waals surface area contributed by atoms with Crippen LogP contribution < -0.4 is 0 Å². The van der Waals surface area contributed by atoms with Crippen LogP contribution in [0.3, 0.4) is 0 Å². The SMILES string of the molecule is OC[C@@H]1C[C@H](C(F)(F)F)CO1. The molecule has 1 N–H and O–H groups in total. The largest absolute Gasteiger partial charge is 0.394 e. The van der Waals surface area contributed by atoms with Gasteiger partial charge in [0.15, 0.2) is 0 Å². The summed E-state index contributed by atoms with van der Waals surface area (Å²) in [5.74, 6) is -1.39. The first-order valence-corrected chi connectivity index (χ1v) is 3.33. The van der Waals surface area contributed by atoms with Crippen molar-refractivity contribution in [2.24, 2.45) is 5.92 Å². The van der Waals surface area contributed by atoms with Gasteiger partial charge < -0.3 is 9.84 Å². The highest BCUT2D eigenvalue weighted by molar-refractivity contribution is 4.77. The van der Waals surface area contributed by atoms with Gasteiger partial charge in [-0.3, -0.25) is 0 Å². The normalized spacial score (nSPS) is 32.7. The first kappa shape index (κ1) is 8.80. The minimum absolute atomic E-state index is 0.111. The average Bonchev–Trinajstić information content (AvgIpc) is 2.32. The molecule has 2 atom stereocenters. The van der Waals surface area contributed by atoms with Gasteiger partial charge >= 0.3 is 6.18 Å². The Kier molecular flexibility index (Phi) is 2.39. The fourth-order valence-electron chi connectivity index (χ4n) is 1.06. The van der Waals surface area contributed by atoms with E-state index < -0.39 is 18.2 Å². The van der Waals surface area contributed by atoms with Gasteiger partial charge in [-0.15, -0.1) is 0 Å².